The molecule has 1 heterocycles. The quantitative estimate of drug-likeness (QED) is 0.894. The van der Waals surface area contributed by atoms with Gasteiger partial charge in [-0.15, -0.1) is 0 Å². The summed E-state index contributed by atoms with van der Waals surface area (Å²) in [7, 11) is -3.50. The van der Waals surface area contributed by atoms with E-state index in [2.05, 4.69) is 4.72 Å². The van der Waals surface area contributed by atoms with Crippen molar-refractivity contribution in [2.75, 3.05) is 19.8 Å². The van der Waals surface area contributed by atoms with Crippen LogP contribution in [0.15, 0.2) is 23.1 Å². The Hall–Kier alpha value is -1.42. The summed E-state index contributed by atoms with van der Waals surface area (Å²) in [6.07, 6.45) is 1.78. The molecule has 1 fully saturated rings. The van der Waals surface area contributed by atoms with Crippen LogP contribution < -0.4 is 4.72 Å². The first-order valence-corrected chi connectivity index (χ1v) is 8.09. The van der Waals surface area contributed by atoms with Gasteiger partial charge >= 0.3 is 0 Å². The lowest BCUT2D eigenvalue weighted by Crippen LogP contribution is -2.26. The van der Waals surface area contributed by atoms with E-state index in [9.17, 15) is 8.42 Å². The molecule has 5 nitrogen and oxygen atoms in total. The molecule has 6 heteroatoms. The van der Waals surface area contributed by atoms with Crippen LogP contribution in [-0.4, -0.2) is 28.2 Å². The Kier molecular flexibility index (Phi) is 4.76. The number of nitrogens with zero attached hydrogens (tertiary/aromatic N) is 1. The molecule has 1 aromatic carbocycles. The van der Waals surface area contributed by atoms with Crippen molar-refractivity contribution in [2.24, 2.45) is 5.92 Å². The lowest BCUT2D eigenvalue weighted by Gasteiger charge is -2.10. The summed E-state index contributed by atoms with van der Waals surface area (Å²) >= 11 is 0. The molecule has 1 aliphatic heterocycles. The van der Waals surface area contributed by atoms with Crippen LogP contribution in [0.4, 0.5) is 0 Å². The van der Waals surface area contributed by atoms with E-state index < -0.39 is 10.0 Å². The fourth-order valence-electron chi connectivity index (χ4n) is 2.22. The van der Waals surface area contributed by atoms with Gasteiger partial charge in [0.15, 0.2) is 0 Å². The highest BCUT2D eigenvalue weighted by molar-refractivity contribution is 7.89. The Morgan fingerprint density at radius 2 is 2.30 bits per heavy atom. The number of sulfonamides is 1. The number of hydrogen-bond acceptors (Lipinski definition) is 4. The molecule has 0 bridgehead atoms. The molecule has 20 heavy (non-hydrogen) atoms. The second-order valence-corrected chi connectivity index (χ2v) is 6.77. The summed E-state index contributed by atoms with van der Waals surface area (Å²) in [5.41, 5.74) is 1.16. The van der Waals surface area contributed by atoms with Gasteiger partial charge in [-0.05, 0) is 49.4 Å². The largest absolute Gasteiger partial charge is 0.381 e. The van der Waals surface area contributed by atoms with Gasteiger partial charge in [-0.1, -0.05) is 0 Å². The van der Waals surface area contributed by atoms with Gasteiger partial charge in [0.05, 0.1) is 16.5 Å². The Morgan fingerprint density at radius 1 is 1.50 bits per heavy atom. The molecular formula is C14H18N2O3S. The average Bonchev–Trinajstić information content (AvgIpc) is 2.91. The van der Waals surface area contributed by atoms with Crippen LogP contribution >= 0.6 is 0 Å². The number of ether oxygens (including phenoxy) is 1. The number of rotatable bonds is 5. The Morgan fingerprint density at radius 3 is 2.90 bits per heavy atom. The molecule has 1 N–H and O–H groups in total. The minimum Gasteiger partial charge on any atom is -0.381 e. The first kappa shape index (κ1) is 15.0. The maximum atomic E-state index is 12.1. The van der Waals surface area contributed by atoms with Crippen molar-refractivity contribution in [3.8, 4) is 6.07 Å². The maximum Gasteiger partial charge on any atom is 0.240 e. The van der Waals surface area contributed by atoms with Gasteiger partial charge in [-0.25, -0.2) is 13.1 Å². The summed E-state index contributed by atoms with van der Waals surface area (Å²) in [6.45, 7) is 3.63. The van der Waals surface area contributed by atoms with Gasteiger partial charge in [0.2, 0.25) is 10.0 Å². The van der Waals surface area contributed by atoms with Crippen LogP contribution in [0.1, 0.15) is 24.0 Å². The monoisotopic (exact) mass is 294 g/mol. The first-order valence-electron chi connectivity index (χ1n) is 6.61. The van der Waals surface area contributed by atoms with Gasteiger partial charge in [0.1, 0.15) is 0 Å². The minimum absolute atomic E-state index is 0.205. The van der Waals surface area contributed by atoms with Crippen LogP contribution in [0.2, 0.25) is 0 Å². The summed E-state index contributed by atoms with van der Waals surface area (Å²) in [4.78, 5) is 0.205. The molecule has 0 amide bonds. The molecular weight excluding hydrogens is 276 g/mol. The second-order valence-electron chi connectivity index (χ2n) is 5.00. The van der Waals surface area contributed by atoms with Crippen molar-refractivity contribution >= 4 is 10.0 Å². The maximum absolute atomic E-state index is 12.1. The number of nitrogens with one attached hydrogen (secondary N) is 1. The van der Waals surface area contributed by atoms with E-state index in [4.69, 9.17) is 10.00 Å². The Labute approximate surface area is 119 Å². The number of benzene rings is 1. The molecule has 1 unspecified atom stereocenters. The van der Waals surface area contributed by atoms with Crippen molar-refractivity contribution in [3.05, 3.63) is 29.3 Å². The summed E-state index contributed by atoms with van der Waals surface area (Å²) in [6, 6.07) is 6.55. The van der Waals surface area contributed by atoms with Crippen LogP contribution in [0.5, 0.6) is 0 Å². The van der Waals surface area contributed by atoms with Gasteiger partial charge in [0, 0.05) is 19.8 Å². The minimum atomic E-state index is -3.50. The Bertz CT molecular complexity index is 614. The predicted octanol–water partition coefficient (Wildman–Crippen LogP) is 1.57. The highest BCUT2D eigenvalue weighted by Crippen LogP contribution is 2.17. The van der Waals surface area contributed by atoms with Crippen molar-refractivity contribution in [1.29, 1.82) is 5.26 Å². The Balaban J connectivity index is 1.99. The smallest absolute Gasteiger partial charge is 0.240 e. The molecule has 1 aromatic rings. The zero-order valence-electron chi connectivity index (χ0n) is 11.4. The molecule has 0 aromatic heterocycles. The van der Waals surface area contributed by atoms with E-state index in [1.807, 2.05) is 6.07 Å². The van der Waals surface area contributed by atoms with Gasteiger partial charge in [-0.3, -0.25) is 0 Å². The van der Waals surface area contributed by atoms with E-state index in [1.54, 1.807) is 6.92 Å². The zero-order valence-corrected chi connectivity index (χ0v) is 12.2. The fourth-order valence-corrected chi connectivity index (χ4v) is 3.35. The lowest BCUT2D eigenvalue weighted by molar-refractivity contribution is 0.184. The van der Waals surface area contributed by atoms with Gasteiger partial charge in [0.25, 0.3) is 0 Å². The molecule has 1 saturated heterocycles. The normalized spacial score (nSPS) is 18.9. The molecule has 2 rings (SSSR count). The molecule has 1 atom stereocenters. The summed E-state index contributed by atoms with van der Waals surface area (Å²) < 4.78 is 32.1. The van der Waals surface area contributed by atoms with E-state index in [0.29, 0.717) is 23.6 Å². The molecule has 0 saturated carbocycles. The number of hydrogen-bond donors (Lipinski definition) is 1. The SMILES string of the molecule is Cc1cc(S(=O)(=O)NCCC2CCOC2)ccc1C#N. The second kappa shape index (κ2) is 6.35. The van der Waals surface area contributed by atoms with E-state index >= 15 is 0 Å². The van der Waals surface area contributed by atoms with Crippen molar-refractivity contribution in [3.63, 3.8) is 0 Å². The third kappa shape index (κ3) is 3.57. The van der Waals surface area contributed by atoms with Crippen molar-refractivity contribution in [2.45, 2.75) is 24.7 Å². The van der Waals surface area contributed by atoms with Crippen LogP contribution in [-0.2, 0) is 14.8 Å². The number of nitriles is 1. The highest BCUT2D eigenvalue weighted by Gasteiger charge is 2.18. The molecule has 0 radical (unpaired) electrons. The van der Waals surface area contributed by atoms with Crippen LogP contribution in [0, 0.1) is 24.2 Å². The summed E-state index contributed by atoms with van der Waals surface area (Å²) in [5.74, 6) is 0.445. The van der Waals surface area contributed by atoms with Gasteiger partial charge < -0.3 is 4.74 Å². The predicted molar refractivity (Wildman–Crippen MR) is 74.6 cm³/mol. The van der Waals surface area contributed by atoms with Crippen LogP contribution in [0.3, 0.4) is 0 Å². The summed E-state index contributed by atoms with van der Waals surface area (Å²) in [5, 5.41) is 8.85. The molecule has 0 spiro atoms. The third-order valence-corrected chi connectivity index (χ3v) is 4.96. The van der Waals surface area contributed by atoms with E-state index in [-0.39, 0.29) is 4.90 Å². The third-order valence-electron chi connectivity index (χ3n) is 3.50. The lowest BCUT2D eigenvalue weighted by atomic mass is 10.1. The van der Waals surface area contributed by atoms with E-state index in [0.717, 1.165) is 26.1 Å². The molecule has 0 aliphatic carbocycles. The highest BCUT2D eigenvalue weighted by atomic mass is 32.2. The standard InChI is InChI=1S/C14H18N2O3S/c1-11-8-14(3-2-13(11)9-15)20(17,18)16-6-4-12-5-7-19-10-12/h2-3,8,12,16H,4-7,10H2,1H3. The van der Waals surface area contributed by atoms with E-state index in [1.165, 1.54) is 18.2 Å². The zero-order chi connectivity index (χ0) is 14.6. The topological polar surface area (TPSA) is 79.2 Å². The van der Waals surface area contributed by atoms with Crippen molar-refractivity contribution in [1.82, 2.24) is 4.72 Å². The fraction of sp³-hybridized carbons (Fsp3) is 0.500. The molecule has 1 aliphatic rings. The van der Waals surface area contributed by atoms with Crippen LogP contribution in [0.25, 0.3) is 0 Å². The van der Waals surface area contributed by atoms with Crippen molar-refractivity contribution < 1.29 is 13.2 Å². The average molecular weight is 294 g/mol. The number of aryl methyl sites for hydroxylation is 1. The first-order chi connectivity index (χ1) is 9.53. The molecule has 108 valence electrons. The van der Waals surface area contributed by atoms with Gasteiger partial charge in [-0.2, -0.15) is 5.26 Å².